The first-order valence-electron chi connectivity index (χ1n) is 20.0. The first-order valence-corrected chi connectivity index (χ1v) is 20.0. The highest BCUT2D eigenvalue weighted by Crippen LogP contribution is 2.52. The van der Waals surface area contributed by atoms with Gasteiger partial charge in [-0.15, -0.1) is 0 Å². The standard InChI is InChI=1S/C52H43N5/c1-52(2)44-24-22-32-13-9-10-19-40(32)46(44)42-23-21-35(31-45(42)52)37-27-38(43-30-36-18-11-25-53-47(36)48-41(43)20-12-26-54-48)29-39(28-37)51-56-49(33-14-5-3-6-15-33)55-50(57-51)34-16-7-4-8-17-34/h3-24,27-31,49,51,53-54,56H,25-26H2,1-2H3,(H,55,57). The summed E-state index contributed by atoms with van der Waals surface area (Å²) in [6, 6.07) is 51.1. The normalized spacial score (nSPS) is 18.3. The number of fused-ring (bicyclic) bond motifs is 8. The fraction of sp³-hybridized carbons (Fsp3) is 0.135. The van der Waals surface area contributed by atoms with Crippen LogP contribution in [0.15, 0.2) is 157 Å². The van der Waals surface area contributed by atoms with Crippen molar-refractivity contribution < 1.29 is 0 Å². The van der Waals surface area contributed by atoms with Gasteiger partial charge in [0.05, 0.1) is 11.4 Å². The van der Waals surface area contributed by atoms with Crippen LogP contribution in [0.4, 0.5) is 11.4 Å². The minimum Gasteiger partial charge on any atom is -0.379 e. The van der Waals surface area contributed by atoms with Crippen LogP contribution in [-0.4, -0.2) is 18.9 Å². The Kier molecular flexibility index (Phi) is 7.80. The third-order valence-corrected chi connectivity index (χ3v) is 12.3. The molecule has 4 aliphatic rings. The van der Waals surface area contributed by atoms with Crippen LogP contribution in [0.1, 0.15) is 65.1 Å². The number of amidine groups is 1. The highest BCUT2D eigenvalue weighted by molar-refractivity contribution is 6.03. The van der Waals surface area contributed by atoms with E-state index in [-0.39, 0.29) is 17.7 Å². The van der Waals surface area contributed by atoms with Crippen molar-refractivity contribution in [1.29, 1.82) is 0 Å². The number of rotatable bonds is 5. The van der Waals surface area contributed by atoms with Gasteiger partial charge in [0.2, 0.25) is 0 Å². The number of nitrogens with one attached hydrogen (secondary N) is 4. The highest BCUT2D eigenvalue weighted by atomic mass is 15.3. The molecular formula is C52H43N5. The summed E-state index contributed by atoms with van der Waals surface area (Å²) in [5.74, 6) is 0.874. The SMILES string of the molecule is CC1(C)c2cc(-c3cc(-c4cc5c(c6c4C=CCN6)NCC=C5)cc(C4N=C(c5ccccc5)NC(c5ccccc5)N4)c3)ccc2-c2c1ccc1ccccc21. The van der Waals surface area contributed by atoms with Gasteiger partial charge in [0.15, 0.2) is 0 Å². The molecule has 0 amide bonds. The van der Waals surface area contributed by atoms with E-state index in [1.165, 1.54) is 72.2 Å². The monoisotopic (exact) mass is 737 g/mol. The number of hydrogen-bond donors (Lipinski definition) is 4. The van der Waals surface area contributed by atoms with Crippen LogP contribution >= 0.6 is 0 Å². The fourth-order valence-corrected chi connectivity index (χ4v) is 9.43. The van der Waals surface area contributed by atoms with E-state index in [9.17, 15) is 0 Å². The molecule has 11 rings (SSSR count). The summed E-state index contributed by atoms with van der Waals surface area (Å²) in [6.45, 7) is 6.38. The van der Waals surface area contributed by atoms with Crippen molar-refractivity contribution in [2.24, 2.45) is 4.99 Å². The fourth-order valence-electron chi connectivity index (χ4n) is 9.43. The van der Waals surface area contributed by atoms with E-state index in [1.54, 1.807) is 0 Å². The maximum atomic E-state index is 5.41. The van der Waals surface area contributed by atoms with E-state index in [2.05, 4.69) is 199 Å². The van der Waals surface area contributed by atoms with Crippen molar-refractivity contribution in [3.05, 3.63) is 191 Å². The molecule has 0 aromatic heterocycles. The van der Waals surface area contributed by atoms with Gasteiger partial charge in [0.1, 0.15) is 18.2 Å². The first kappa shape index (κ1) is 33.6. The Morgan fingerprint density at radius 2 is 1.33 bits per heavy atom. The third-order valence-electron chi connectivity index (χ3n) is 12.3. The Morgan fingerprint density at radius 1 is 0.579 bits per heavy atom. The molecule has 5 heteroatoms. The smallest absolute Gasteiger partial charge is 0.131 e. The van der Waals surface area contributed by atoms with Gasteiger partial charge in [-0.3, -0.25) is 5.32 Å². The molecule has 0 spiro atoms. The highest BCUT2D eigenvalue weighted by Gasteiger charge is 2.37. The summed E-state index contributed by atoms with van der Waals surface area (Å²) in [5, 5.41) is 17.6. The molecule has 2 unspecified atom stereocenters. The number of hydrogen-bond acceptors (Lipinski definition) is 5. The Labute approximate surface area is 333 Å². The minimum absolute atomic E-state index is 0.134. The first-order chi connectivity index (χ1) is 28.0. The van der Waals surface area contributed by atoms with E-state index in [1.807, 2.05) is 0 Å². The zero-order valence-corrected chi connectivity index (χ0v) is 32.1. The molecule has 7 aromatic carbocycles. The van der Waals surface area contributed by atoms with Gasteiger partial charge in [-0.2, -0.15) is 0 Å². The Morgan fingerprint density at radius 3 is 2.19 bits per heavy atom. The second kappa shape index (κ2) is 13.2. The van der Waals surface area contributed by atoms with Crippen LogP contribution in [0.2, 0.25) is 0 Å². The van der Waals surface area contributed by atoms with E-state index in [0.29, 0.717) is 0 Å². The van der Waals surface area contributed by atoms with E-state index in [0.717, 1.165) is 41.2 Å². The topological polar surface area (TPSA) is 60.5 Å². The van der Waals surface area contributed by atoms with Gasteiger partial charge in [0.25, 0.3) is 0 Å². The molecular weight excluding hydrogens is 695 g/mol. The number of nitrogens with zero attached hydrogens (tertiary/aromatic N) is 1. The van der Waals surface area contributed by atoms with Crippen molar-refractivity contribution in [3.8, 4) is 33.4 Å². The minimum atomic E-state index is -0.310. The lowest BCUT2D eigenvalue weighted by Gasteiger charge is -2.32. The Hall–Kier alpha value is -6.69. The molecule has 7 aromatic rings. The molecule has 276 valence electrons. The zero-order valence-electron chi connectivity index (χ0n) is 32.1. The summed E-state index contributed by atoms with van der Waals surface area (Å²) in [5.41, 5.74) is 18.1. The van der Waals surface area contributed by atoms with Gasteiger partial charge < -0.3 is 16.0 Å². The Balaban J connectivity index is 1.12. The average Bonchev–Trinajstić information content (AvgIpc) is 3.51. The van der Waals surface area contributed by atoms with Crippen molar-refractivity contribution in [2.45, 2.75) is 31.6 Å². The largest absolute Gasteiger partial charge is 0.379 e. The quantitative estimate of drug-likeness (QED) is 0.142. The van der Waals surface area contributed by atoms with Gasteiger partial charge >= 0.3 is 0 Å². The number of benzene rings is 7. The van der Waals surface area contributed by atoms with Gasteiger partial charge in [-0.1, -0.05) is 147 Å². The van der Waals surface area contributed by atoms with E-state index < -0.39 is 0 Å². The lowest BCUT2D eigenvalue weighted by molar-refractivity contribution is 0.409. The molecule has 5 nitrogen and oxygen atoms in total. The second-order valence-electron chi connectivity index (χ2n) is 16.1. The van der Waals surface area contributed by atoms with Crippen LogP contribution in [0.5, 0.6) is 0 Å². The molecule has 2 atom stereocenters. The van der Waals surface area contributed by atoms with Crippen LogP contribution in [-0.2, 0) is 5.41 Å². The van der Waals surface area contributed by atoms with Crippen LogP contribution < -0.4 is 21.3 Å². The third kappa shape index (κ3) is 5.61. The van der Waals surface area contributed by atoms with E-state index in [4.69, 9.17) is 4.99 Å². The predicted octanol–water partition coefficient (Wildman–Crippen LogP) is 11.7. The summed E-state index contributed by atoms with van der Waals surface area (Å²) in [6.07, 6.45) is 8.52. The Bertz CT molecular complexity index is 2830. The van der Waals surface area contributed by atoms with Crippen molar-refractivity contribution in [1.82, 2.24) is 10.6 Å². The van der Waals surface area contributed by atoms with Gasteiger partial charge in [-0.05, 0) is 96.7 Å². The van der Waals surface area contributed by atoms with E-state index >= 15 is 0 Å². The molecule has 0 bridgehead atoms. The lowest BCUT2D eigenvalue weighted by Crippen LogP contribution is -2.44. The molecule has 57 heavy (non-hydrogen) atoms. The molecule has 0 saturated heterocycles. The molecule has 0 saturated carbocycles. The number of anilines is 2. The van der Waals surface area contributed by atoms with Crippen molar-refractivity contribution in [3.63, 3.8) is 0 Å². The van der Waals surface area contributed by atoms with Crippen molar-refractivity contribution >= 4 is 40.1 Å². The van der Waals surface area contributed by atoms with Crippen LogP contribution in [0.3, 0.4) is 0 Å². The summed E-state index contributed by atoms with van der Waals surface area (Å²) in [4.78, 5) is 5.41. The molecule has 4 N–H and O–H groups in total. The lowest BCUT2D eigenvalue weighted by atomic mass is 9.81. The van der Waals surface area contributed by atoms with Gasteiger partial charge in [0, 0.05) is 35.2 Å². The molecule has 3 aliphatic heterocycles. The molecule has 3 heterocycles. The molecule has 0 fully saturated rings. The predicted molar refractivity (Wildman–Crippen MR) is 239 cm³/mol. The maximum absolute atomic E-state index is 5.41. The zero-order chi connectivity index (χ0) is 38.1. The molecule has 0 radical (unpaired) electrons. The van der Waals surface area contributed by atoms with Gasteiger partial charge in [-0.25, -0.2) is 4.99 Å². The van der Waals surface area contributed by atoms with Crippen LogP contribution in [0.25, 0.3) is 56.3 Å². The maximum Gasteiger partial charge on any atom is 0.131 e. The summed E-state index contributed by atoms with van der Waals surface area (Å²) >= 11 is 0. The summed E-state index contributed by atoms with van der Waals surface area (Å²) < 4.78 is 0. The summed E-state index contributed by atoms with van der Waals surface area (Å²) in [7, 11) is 0. The average molecular weight is 738 g/mol. The van der Waals surface area contributed by atoms with Crippen molar-refractivity contribution in [2.75, 3.05) is 23.7 Å². The second-order valence-corrected chi connectivity index (χ2v) is 16.1. The molecule has 1 aliphatic carbocycles. The van der Waals surface area contributed by atoms with Crippen LogP contribution in [0, 0.1) is 0 Å². The number of aliphatic imine (C=N–C) groups is 1.